The highest BCUT2D eigenvalue weighted by molar-refractivity contribution is 8.00. The molecule has 0 bridgehead atoms. The van der Waals surface area contributed by atoms with Gasteiger partial charge < -0.3 is 10.0 Å². The van der Waals surface area contributed by atoms with Crippen molar-refractivity contribution in [3.8, 4) is 0 Å². The summed E-state index contributed by atoms with van der Waals surface area (Å²) in [6, 6.07) is 20.6. The molecule has 3 aromatic rings. The zero-order chi connectivity index (χ0) is 22.0. The van der Waals surface area contributed by atoms with Gasteiger partial charge in [0.05, 0.1) is 4.92 Å². The van der Waals surface area contributed by atoms with Crippen LogP contribution in [0.1, 0.15) is 20.7 Å². The fourth-order valence-corrected chi connectivity index (χ4v) is 4.03. The molecule has 2 N–H and O–H groups in total. The molecule has 0 saturated heterocycles. The first-order valence-electron chi connectivity index (χ1n) is 9.07. The second-order valence-corrected chi connectivity index (χ2v) is 7.78. The molecule has 0 fully saturated rings. The van der Waals surface area contributed by atoms with Crippen LogP contribution >= 0.6 is 23.5 Å². The normalized spacial score (nSPS) is 13.1. The first kappa shape index (κ1) is 20.6. The monoisotopic (exact) mass is 451 g/mol. The van der Waals surface area contributed by atoms with E-state index in [1.165, 1.54) is 30.1 Å². The van der Waals surface area contributed by atoms with Gasteiger partial charge in [-0.3, -0.25) is 19.7 Å². The SMILES string of the molecule is O=C1C(Cl)=C(Nc2cccc(SNc3ccccc3)c2)C(=O)c2c1cccc2[N+](=O)[O-]. The summed E-state index contributed by atoms with van der Waals surface area (Å²) in [4.78, 5) is 37.2. The number of ketones is 2. The zero-order valence-electron chi connectivity index (χ0n) is 15.8. The molecule has 0 heterocycles. The van der Waals surface area contributed by atoms with E-state index >= 15 is 0 Å². The molecule has 9 heteroatoms. The van der Waals surface area contributed by atoms with Crippen molar-refractivity contribution in [2.75, 3.05) is 10.0 Å². The highest BCUT2D eigenvalue weighted by atomic mass is 35.5. The number of hydrogen-bond donors (Lipinski definition) is 2. The average molecular weight is 452 g/mol. The predicted octanol–water partition coefficient (Wildman–Crippen LogP) is 5.66. The molecule has 31 heavy (non-hydrogen) atoms. The van der Waals surface area contributed by atoms with Gasteiger partial charge in [0.25, 0.3) is 5.69 Å². The summed E-state index contributed by atoms with van der Waals surface area (Å²) in [6.45, 7) is 0. The Balaban J connectivity index is 1.61. The molecule has 0 aromatic heterocycles. The van der Waals surface area contributed by atoms with Crippen molar-refractivity contribution in [1.29, 1.82) is 0 Å². The Hall–Kier alpha value is -3.62. The maximum atomic E-state index is 13.0. The van der Waals surface area contributed by atoms with Gasteiger partial charge in [-0.15, -0.1) is 0 Å². The van der Waals surface area contributed by atoms with Crippen LogP contribution in [0.2, 0.25) is 0 Å². The molecule has 0 amide bonds. The van der Waals surface area contributed by atoms with Crippen LogP contribution in [0.5, 0.6) is 0 Å². The summed E-state index contributed by atoms with van der Waals surface area (Å²) >= 11 is 7.54. The molecule has 0 radical (unpaired) electrons. The summed E-state index contributed by atoms with van der Waals surface area (Å²) in [7, 11) is 0. The summed E-state index contributed by atoms with van der Waals surface area (Å²) < 4.78 is 3.20. The number of carbonyl (C=O) groups excluding carboxylic acids is 2. The minimum absolute atomic E-state index is 0.0777. The molecular weight excluding hydrogens is 438 g/mol. The fourth-order valence-electron chi connectivity index (χ4n) is 3.09. The number of benzene rings is 3. The zero-order valence-corrected chi connectivity index (χ0v) is 17.4. The van der Waals surface area contributed by atoms with Crippen LogP contribution in [0.3, 0.4) is 0 Å². The van der Waals surface area contributed by atoms with E-state index < -0.39 is 22.2 Å². The van der Waals surface area contributed by atoms with Crippen molar-refractivity contribution in [3.05, 3.63) is 105 Å². The van der Waals surface area contributed by atoms with Gasteiger partial charge in [0.15, 0.2) is 0 Å². The number of Topliss-reactive ketones (excluding diaryl/α,β-unsaturated/α-hetero) is 2. The van der Waals surface area contributed by atoms with Crippen LogP contribution in [0.4, 0.5) is 17.1 Å². The maximum Gasteiger partial charge on any atom is 0.281 e. The Labute approximate surface area is 186 Å². The molecule has 7 nitrogen and oxygen atoms in total. The number of anilines is 2. The number of nitrogens with zero attached hydrogens (tertiary/aromatic N) is 1. The van der Waals surface area contributed by atoms with E-state index in [0.717, 1.165) is 10.6 Å². The molecule has 3 aromatic carbocycles. The number of allylic oxidation sites excluding steroid dienone is 2. The molecule has 1 aliphatic carbocycles. The van der Waals surface area contributed by atoms with Crippen LogP contribution in [0, 0.1) is 10.1 Å². The van der Waals surface area contributed by atoms with E-state index in [9.17, 15) is 19.7 Å². The number of fused-ring (bicyclic) bond motifs is 1. The van der Waals surface area contributed by atoms with Gasteiger partial charge in [-0.1, -0.05) is 41.9 Å². The van der Waals surface area contributed by atoms with E-state index in [1.54, 1.807) is 18.2 Å². The summed E-state index contributed by atoms with van der Waals surface area (Å²) in [5.41, 5.74) is 0.471. The molecule has 4 rings (SSSR count). The van der Waals surface area contributed by atoms with Gasteiger partial charge >= 0.3 is 0 Å². The smallest absolute Gasteiger partial charge is 0.281 e. The minimum Gasteiger partial charge on any atom is -0.351 e. The van der Waals surface area contributed by atoms with Crippen molar-refractivity contribution in [2.24, 2.45) is 0 Å². The van der Waals surface area contributed by atoms with Gasteiger partial charge in [-0.2, -0.15) is 0 Å². The predicted molar refractivity (Wildman–Crippen MR) is 121 cm³/mol. The van der Waals surface area contributed by atoms with Gasteiger partial charge in [0.1, 0.15) is 16.3 Å². The highest BCUT2D eigenvalue weighted by Gasteiger charge is 2.37. The molecule has 0 saturated carbocycles. The van der Waals surface area contributed by atoms with Crippen LogP contribution in [-0.2, 0) is 0 Å². The number of nitro groups is 1. The van der Waals surface area contributed by atoms with Gasteiger partial charge in [0.2, 0.25) is 11.6 Å². The van der Waals surface area contributed by atoms with Crippen molar-refractivity contribution in [3.63, 3.8) is 0 Å². The lowest BCUT2D eigenvalue weighted by atomic mass is 9.91. The number of carbonyl (C=O) groups is 2. The molecule has 1 aliphatic rings. The number of para-hydroxylation sites is 1. The van der Waals surface area contributed by atoms with Gasteiger partial charge in [0, 0.05) is 27.9 Å². The van der Waals surface area contributed by atoms with Crippen molar-refractivity contribution in [2.45, 2.75) is 4.90 Å². The Bertz CT molecular complexity index is 1240. The summed E-state index contributed by atoms with van der Waals surface area (Å²) in [5.74, 6) is -1.34. The third-order valence-electron chi connectivity index (χ3n) is 4.52. The van der Waals surface area contributed by atoms with Gasteiger partial charge in [-0.05, 0) is 48.3 Å². The lowest BCUT2D eigenvalue weighted by Crippen LogP contribution is -2.25. The fraction of sp³-hybridized carbons (Fsp3) is 0. The van der Waals surface area contributed by atoms with Crippen molar-refractivity contribution < 1.29 is 14.5 Å². The van der Waals surface area contributed by atoms with E-state index in [4.69, 9.17) is 11.6 Å². The van der Waals surface area contributed by atoms with Crippen molar-refractivity contribution in [1.82, 2.24) is 0 Å². The Kier molecular flexibility index (Phi) is 5.75. The first-order valence-corrected chi connectivity index (χ1v) is 10.3. The summed E-state index contributed by atoms with van der Waals surface area (Å²) in [6.07, 6.45) is 0. The molecule has 0 spiro atoms. The number of nitrogens with one attached hydrogen (secondary N) is 2. The van der Waals surface area contributed by atoms with Crippen LogP contribution in [-0.4, -0.2) is 16.5 Å². The Morgan fingerprint density at radius 3 is 2.32 bits per heavy atom. The highest BCUT2D eigenvalue weighted by Crippen LogP contribution is 2.35. The van der Waals surface area contributed by atoms with E-state index in [-0.39, 0.29) is 21.9 Å². The third-order valence-corrected chi connectivity index (χ3v) is 5.71. The molecule has 154 valence electrons. The van der Waals surface area contributed by atoms with E-state index in [1.807, 2.05) is 36.4 Å². The number of hydrogen-bond acceptors (Lipinski definition) is 7. The largest absolute Gasteiger partial charge is 0.351 e. The van der Waals surface area contributed by atoms with Gasteiger partial charge in [-0.25, -0.2) is 0 Å². The van der Waals surface area contributed by atoms with E-state index in [0.29, 0.717) is 5.69 Å². The number of halogens is 1. The summed E-state index contributed by atoms with van der Waals surface area (Å²) in [5, 5.41) is 13.9. The second-order valence-electron chi connectivity index (χ2n) is 6.53. The molecular formula is C22H14ClN3O4S. The number of rotatable bonds is 6. The third kappa shape index (κ3) is 4.16. The topological polar surface area (TPSA) is 101 Å². The van der Waals surface area contributed by atoms with E-state index in [2.05, 4.69) is 10.0 Å². The van der Waals surface area contributed by atoms with Crippen LogP contribution in [0.15, 0.2) is 88.4 Å². The standard InChI is InChI=1S/C22H14ClN3O4S/c23-19-20(22(28)18-16(21(19)27)10-5-11-17(18)26(29)30)24-14-8-4-9-15(12-14)31-25-13-6-2-1-3-7-13/h1-12,24-25H. The molecule has 0 aliphatic heterocycles. The minimum atomic E-state index is -0.702. The lowest BCUT2D eigenvalue weighted by Gasteiger charge is -2.19. The van der Waals surface area contributed by atoms with Crippen molar-refractivity contribution >= 4 is 52.2 Å². The Morgan fingerprint density at radius 2 is 1.58 bits per heavy atom. The molecule has 0 unspecified atom stereocenters. The maximum absolute atomic E-state index is 13.0. The quantitative estimate of drug-likeness (QED) is 0.283. The lowest BCUT2D eigenvalue weighted by molar-refractivity contribution is -0.385. The first-order chi connectivity index (χ1) is 15.0. The van der Waals surface area contributed by atoms with Crippen LogP contribution < -0.4 is 10.0 Å². The average Bonchev–Trinajstić information content (AvgIpc) is 2.79. The Morgan fingerprint density at radius 1 is 0.871 bits per heavy atom. The second kappa shape index (κ2) is 8.63. The molecule has 0 atom stereocenters. The number of nitro benzene ring substituents is 1. The van der Waals surface area contributed by atoms with Crippen LogP contribution in [0.25, 0.3) is 0 Å².